The number of hydrogen-bond donors (Lipinski definition) is 2. The maximum absolute atomic E-state index is 13.4. The monoisotopic (exact) mass is 746 g/mol. The predicted molar refractivity (Wildman–Crippen MR) is 183 cm³/mol. The van der Waals surface area contributed by atoms with Gasteiger partial charge in [-0.3, -0.25) is 24.0 Å². The van der Waals surface area contributed by atoms with Crippen molar-refractivity contribution in [3.63, 3.8) is 0 Å². The summed E-state index contributed by atoms with van der Waals surface area (Å²) in [5, 5.41) is 4.85. The van der Waals surface area contributed by atoms with Crippen LogP contribution < -0.4 is 10.5 Å². The Balaban J connectivity index is 1.37. The molecule has 3 N–H and O–H groups in total. The maximum Gasteiger partial charge on any atom is 0.407 e. The highest BCUT2D eigenvalue weighted by Gasteiger charge is 2.59. The first-order valence-corrected chi connectivity index (χ1v) is 18.5. The first-order valence-electron chi connectivity index (χ1n) is 18.5. The number of rotatable bonds is 14. The standard InChI is InChI=1S/C36H51BN2O14/c1-21(40)46-20-30-31(48-22(2)41)32(49-23(3)42)33(50-24(4)43)35(52-30)51-28(18-38-36(45)47-19-25-10-6-5-7-11-25)16-17-29-34(44)53-37(39-29)26-12-8-13-27(37)15-9-14-26/h5-7,10-11,26-33,35H,8-9,12-20,39H2,1-4H3,(H,38,45)/t26?,27?,28-,29+,30-,31+,32+,33-,35-,37?/m1/s1. The fourth-order valence-corrected chi connectivity index (χ4v) is 8.53. The van der Waals surface area contributed by atoms with E-state index in [0.29, 0.717) is 18.1 Å². The van der Waals surface area contributed by atoms with E-state index in [1.165, 1.54) is 6.92 Å². The molecule has 1 spiro atoms. The van der Waals surface area contributed by atoms with E-state index >= 15 is 0 Å². The van der Waals surface area contributed by atoms with Gasteiger partial charge in [0.1, 0.15) is 25.4 Å². The highest BCUT2D eigenvalue weighted by molar-refractivity contribution is 6.71. The van der Waals surface area contributed by atoms with Crippen molar-refractivity contribution in [3.8, 4) is 0 Å². The summed E-state index contributed by atoms with van der Waals surface area (Å²) < 4.78 is 46.0. The highest BCUT2D eigenvalue weighted by Crippen LogP contribution is 2.51. The molecule has 0 saturated carbocycles. The lowest BCUT2D eigenvalue weighted by Gasteiger charge is -2.50. The molecule has 4 saturated heterocycles. The van der Waals surface area contributed by atoms with Crippen LogP contribution in [-0.2, 0) is 68.4 Å². The fourth-order valence-electron chi connectivity index (χ4n) is 8.53. The quantitative estimate of drug-likeness (QED) is 0.159. The molecular weight excluding hydrogens is 695 g/mol. The van der Waals surface area contributed by atoms with Crippen molar-refractivity contribution in [2.45, 2.75) is 140 Å². The Morgan fingerprint density at radius 1 is 0.830 bits per heavy atom. The molecule has 1 aromatic carbocycles. The Kier molecular flexibility index (Phi) is 13.7. The molecule has 5 rings (SSSR count). The maximum atomic E-state index is 13.4. The number of quaternary nitrogens is 1. The van der Waals surface area contributed by atoms with Crippen LogP contribution >= 0.6 is 0 Å². The summed E-state index contributed by atoms with van der Waals surface area (Å²) in [5.74, 6) is -2.56. The van der Waals surface area contributed by atoms with Crippen molar-refractivity contribution in [3.05, 3.63) is 35.9 Å². The summed E-state index contributed by atoms with van der Waals surface area (Å²) in [6, 6.07) is 8.63. The highest BCUT2D eigenvalue weighted by atomic mass is 16.7. The minimum atomic E-state index is -1.48. The number of carbonyl (C=O) groups is 6. The van der Waals surface area contributed by atoms with Gasteiger partial charge in [-0.05, 0) is 12.0 Å². The van der Waals surface area contributed by atoms with Crippen molar-refractivity contribution < 1.29 is 71.8 Å². The number of alkyl carbamates (subject to hydrolysis) is 1. The number of benzene rings is 1. The van der Waals surface area contributed by atoms with E-state index in [4.69, 9.17) is 37.8 Å². The second kappa shape index (κ2) is 18.2. The Morgan fingerprint density at radius 2 is 1.43 bits per heavy atom. The van der Waals surface area contributed by atoms with Gasteiger partial charge >= 0.3 is 42.4 Å². The lowest BCUT2D eigenvalue weighted by Crippen LogP contribution is -3.03. The molecule has 1 aromatic rings. The summed E-state index contributed by atoms with van der Waals surface area (Å²) in [5.41, 5.74) is 0.784. The second-order valence-corrected chi connectivity index (χ2v) is 14.4. The molecule has 7 atom stereocenters. The third kappa shape index (κ3) is 10.5. The van der Waals surface area contributed by atoms with E-state index in [0.717, 1.165) is 64.9 Å². The molecular formula is C36H51BN2O14. The molecule has 4 fully saturated rings. The van der Waals surface area contributed by atoms with Crippen LogP contribution in [0.4, 0.5) is 4.79 Å². The molecule has 292 valence electrons. The third-order valence-electron chi connectivity index (χ3n) is 10.7. The van der Waals surface area contributed by atoms with E-state index in [9.17, 15) is 28.8 Å². The van der Waals surface area contributed by atoms with Gasteiger partial charge in [0.2, 0.25) is 0 Å². The number of ether oxygens (including phenoxy) is 7. The van der Waals surface area contributed by atoms with Crippen molar-refractivity contribution in [1.29, 1.82) is 0 Å². The normalized spacial score (nSPS) is 31.1. The van der Waals surface area contributed by atoms with E-state index in [1.807, 2.05) is 30.3 Å². The second-order valence-electron chi connectivity index (χ2n) is 14.4. The molecule has 4 aliphatic rings. The smallest absolute Gasteiger partial charge is 0.407 e. The largest absolute Gasteiger partial charge is 0.634 e. The van der Waals surface area contributed by atoms with Crippen LogP contribution in [0.2, 0.25) is 11.6 Å². The molecule has 1 amide bonds. The van der Waals surface area contributed by atoms with Crippen LogP contribution in [0, 0.1) is 0 Å². The molecule has 0 aromatic heterocycles. The minimum Gasteiger partial charge on any atom is -0.634 e. The lowest BCUT2D eigenvalue weighted by molar-refractivity contribution is -0.560. The first kappa shape index (κ1) is 40.0. The van der Waals surface area contributed by atoms with Gasteiger partial charge < -0.3 is 48.4 Å². The first-order chi connectivity index (χ1) is 25.3. The SMILES string of the molecule is CC(=O)OC[C@H]1O[C@@H](O[C@H](CC[C@@H]2[NH2+][B-]3(OC2=O)C2CCCC3CCC2)CNC(=O)OCc2ccccc2)[C@H](OC(C)=O)[C@@H](OC(C)=O)[C@H]1OC(C)=O. The van der Waals surface area contributed by atoms with E-state index in [2.05, 4.69) is 10.5 Å². The van der Waals surface area contributed by atoms with Crippen molar-refractivity contribution in [1.82, 2.24) is 5.32 Å². The van der Waals surface area contributed by atoms with Crippen molar-refractivity contribution in [2.24, 2.45) is 0 Å². The summed E-state index contributed by atoms with van der Waals surface area (Å²) in [6.07, 6.45) is -1.61. The van der Waals surface area contributed by atoms with E-state index < -0.39 is 85.9 Å². The van der Waals surface area contributed by atoms with Crippen LogP contribution in [-0.4, -0.2) is 98.4 Å². The van der Waals surface area contributed by atoms with Gasteiger partial charge in [-0.25, -0.2) is 4.79 Å². The zero-order chi connectivity index (χ0) is 38.1. The summed E-state index contributed by atoms with van der Waals surface area (Å²) in [6.45, 7) is 2.64. The summed E-state index contributed by atoms with van der Waals surface area (Å²) >= 11 is 0. The number of esters is 4. The number of hydrogen-bond acceptors (Lipinski definition) is 14. The topological polar surface area (TPSA) is 205 Å². The zero-order valence-electron chi connectivity index (χ0n) is 30.7. The number of amides is 1. The third-order valence-corrected chi connectivity index (χ3v) is 10.7. The fraction of sp³-hybridized carbons (Fsp3) is 0.667. The summed E-state index contributed by atoms with van der Waals surface area (Å²) in [4.78, 5) is 74.9. The average Bonchev–Trinajstić information content (AvgIpc) is 3.41. The van der Waals surface area contributed by atoms with Crippen LogP contribution in [0.5, 0.6) is 0 Å². The van der Waals surface area contributed by atoms with Gasteiger partial charge in [-0.1, -0.05) is 80.5 Å². The molecule has 2 bridgehead atoms. The number of carbonyl (C=O) groups excluding carboxylic acids is 6. The molecule has 0 aliphatic carbocycles. The molecule has 17 heteroatoms. The minimum absolute atomic E-state index is 0.0211. The van der Waals surface area contributed by atoms with Crippen molar-refractivity contribution >= 4 is 42.4 Å². The van der Waals surface area contributed by atoms with Crippen LogP contribution in [0.1, 0.15) is 84.6 Å². The van der Waals surface area contributed by atoms with Gasteiger partial charge in [0.25, 0.3) is 0 Å². The number of nitrogens with two attached hydrogens (primary N) is 1. The summed E-state index contributed by atoms with van der Waals surface area (Å²) in [7, 11) is 0. The Hall–Kier alpha value is -4.22. The van der Waals surface area contributed by atoms with Crippen LogP contribution in [0.15, 0.2) is 30.3 Å². The van der Waals surface area contributed by atoms with Crippen LogP contribution in [0.25, 0.3) is 0 Å². The van der Waals surface area contributed by atoms with E-state index in [1.54, 1.807) is 0 Å². The average molecular weight is 747 g/mol. The molecule has 0 radical (unpaired) electrons. The van der Waals surface area contributed by atoms with E-state index in [-0.39, 0.29) is 25.5 Å². The predicted octanol–water partition coefficient (Wildman–Crippen LogP) is 2.20. The molecule has 16 nitrogen and oxygen atoms in total. The van der Waals surface area contributed by atoms with Gasteiger partial charge in [0, 0.05) is 40.7 Å². The Bertz CT molecular complexity index is 1460. The van der Waals surface area contributed by atoms with Gasteiger partial charge in [0.15, 0.2) is 24.6 Å². The lowest BCUT2D eigenvalue weighted by atomic mass is 9.28. The van der Waals surface area contributed by atoms with Crippen LogP contribution in [0.3, 0.4) is 0 Å². The molecule has 4 heterocycles. The molecule has 0 unspecified atom stereocenters. The Labute approximate surface area is 308 Å². The van der Waals surface area contributed by atoms with Crippen molar-refractivity contribution in [2.75, 3.05) is 13.2 Å². The van der Waals surface area contributed by atoms with Gasteiger partial charge in [0.05, 0.1) is 6.10 Å². The van der Waals surface area contributed by atoms with Gasteiger partial charge in [-0.2, -0.15) is 0 Å². The van der Waals surface area contributed by atoms with Gasteiger partial charge in [-0.15, -0.1) is 0 Å². The zero-order valence-corrected chi connectivity index (χ0v) is 30.7. The Morgan fingerprint density at radius 3 is 2.04 bits per heavy atom. The number of nitrogens with one attached hydrogen (secondary N) is 1. The molecule has 4 aliphatic heterocycles. The molecule has 53 heavy (non-hydrogen) atoms.